The zero-order chi connectivity index (χ0) is 16.9. The molecular formula is C15H15F3N2O2S. The van der Waals surface area contributed by atoms with Crippen LogP contribution >= 0.6 is 11.3 Å². The SMILES string of the molecule is O=C(NCC[C@H](O)c1ccsc1)Nc1cccc(C(F)(F)F)c1. The van der Waals surface area contributed by atoms with Crippen LogP contribution in [-0.4, -0.2) is 17.7 Å². The van der Waals surface area contributed by atoms with Crippen LogP contribution in [0.3, 0.4) is 0 Å². The zero-order valence-electron chi connectivity index (χ0n) is 11.9. The van der Waals surface area contributed by atoms with Crippen LogP contribution in [0.1, 0.15) is 23.7 Å². The van der Waals surface area contributed by atoms with Gasteiger partial charge in [0.05, 0.1) is 11.7 Å². The Morgan fingerprint density at radius 1 is 1.30 bits per heavy atom. The number of amides is 2. The number of hydrogen-bond acceptors (Lipinski definition) is 3. The monoisotopic (exact) mass is 344 g/mol. The predicted octanol–water partition coefficient (Wildman–Crippen LogP) is 4.01. The minimum Gasteiger partial charge on any atom is -0.388 e. The number of rotatable bonds is 5. The highest BCUT2D eigenvalue weighted by atomic mass is 32.1. The lowest BCUT2D eigenvalue weighted by molar-refractivity contribution is -0.137. The van der Waals surface area contributed by atoms with Crippen LogP contribution < -0.4 is 10.6 Å². The number of halogens is 3. The number of anilines is 1. The molecule has 8 heteroatoms. The quantitative estimate of drug-likeness (QED) is 0.767. The van der Waals surface area contributed by atoms with Crippen LogP contribution in [0.2, 0.25) is 0 Å². The van der Waals surface area contributed by atoms with E-state index in [4.69, 9.17) is 0 Å². The highest BCUT2D eigenvalue weighted by Gasteiger charge is 2.30. The lowest BCUT2D eigenvalue weighted by Gasteiger charge is -2.12. The maximum Gasteiger partial charge on any atom is 0.416 e. The van der Waals surface area contributed by atoms with E-state index in [-0.39, 0.29) is 12.2 Å². The molecule has 1 heterocycles. The van der Waals surface area contributed by atoms with Crippen molar-refractivity contribution in [3.63, 3.8) is 0 Å². The molecule has 4 nitrogen and oxygen atoms in total. The molecule has 0 unspecified atom stereocenters. The molecule has 0 saturated heterocycles. The Morgan fingerprint density at radius 3 is 2.74 bits per heavy atom. The Kier molecular flexibility index (Phi) is 5.62. The summed E-state index contributed by atoms with van der Waals surface area (Å²) < 4.78 is 37.7. The number of urea groups is 1. The molecule has 1 aromatic carbocycles. The summed E-state index contributed by atoms with van der Waals surface area (Å²) in [6.45, 7) is 0.196. The number of aliphatic hydroxyl groups is 1. The summed E-state index contributed by atoms with van der Waals surface area (Å²) in [5, 5.41) is 18.3. The van der Waals surface area contributed by atoms with Crippen LogP contribution in [0, 0.1) is 0 Å². The largest absolute Gasteiger partial charge is 0.416 e. The van der Waals surface area contributed by atoms with Crippen LogP contribution in [0.25, 0.3) is 0 Å². The number of thiophene rings is 1. The smallest absolute Gasteiger partial charge is 0.388 e. The molecule has 0 radical (unpaired) electrons. The number of hydrogen-bond donors (Lipinski definition) is 3. The van der Waals surface area contributed by atoms with Crippen molar-refractivity contribution in [2.24, 2.45) is 0 Å². The lowest BCUT2D eigenvalue weighted by Crippen LogP contribution is -2.30. The maximum absolute atomic E-state index is 12.6. The summed E-state index contributed by atoms with van der Waals surface area (Å²) in [7, 11) is 0. The molecule has 0 bridgehead atoms. The minimum absolute atomic E-state index is 0.0516. The summed E-state index contributed by atoms with van der Waals surface area (Å²) in [5.74, 6) is 0. The lowest BCUT2D eigenvalue weighted by atomic mass is 10.1. The average molecular weight is 344 g/mol. The Labute approximate surface area is 135 Å². The molecule has 1 atom stereocenters. The molecule has 0 aliphatic heterocycles. The van der Waals surface area contributed by atoms with Gasteiger partial charge in [-0.25, -0.2) is 4.79 Å². The Bertz CT molecular complexity index is 644. The molecule has 0 aliphatic carbocycles. The van der Waals surface area contributed by atoms with E-state index in [0.29, 0.717) is 6.42 Å². The third kappa shape index (κ3) is 5.26. The van der Waals surface area contributed by atoms with Gasteiger partial charge in [0.1, 0.15) is 0 Å². The Morgan fingerprint density at radius 2 is 2.09 bits per heavy atom. The van der Waals surface area contributed by atoms with Crippen molar-refractivity contribution >= 4 is 23.1 Å². The number of nitrogens with one attached hydrogen (secondary N) is 2. The summed E-state index contributed by atoms with van der Waals surface area (Å²) in [6, 6.07) is 5.55. The van der Waals surface area contributed by atoms with Crippen molar-refractivity contribution < 1.29 is 23.1 Å². The van der Waals surface area contributed by atoms with Crippen molar-refractivity contribution in [2.75, 3.05) is 11.9 Å². The van der Waals surface area contributed by atoms with E-state index in [1.807, 2.05) is 10.8 Å². The van der Waals surface area contributed by atoms with Gasteiger partial charge in [0.15, 0.2) is 0 Å². The average Bonchev–Trinajstić information content (AvgIpc) is 3.00. The van der Waals surface area contributed by atoms with Gasteiger partial charge in [-0.1, -0.05) is 6.07 Å². The first kappa shape index (κ1) is 17.3. The first-order valence-corrected chi connectivity index (χ1v) is 7.73. The van der Waals surface area contributed by atoms with Gasteiger partial charge >= 0.3 is 12.2 Å². The Balaban J connectivity index is 1.81. The van der Waals surface area contributed by atoms with Gasteiger partial charge in [0, 0.05) is 12.2 Å². The van der Waals surface area contributed by atoms with Crippen molar-refractivity contribution in [3.8, 4) is 0 Å². The fourth-order valence-electron chi connectivity index (χ4n) is 1.90. The van der Waals surface area contributed by atoms with Crippen LogP contribution in [0.4, 0.5) is 23.7 Å². The molecule has 0 fully saturated rings. The number of aliphatic hydroxyl groups excluding tert-OH is 1. The molecule has 2 aromatic rings. The van der Waals surface area contributed by atoms with Crippen molar-refractivity contribution in [1.29, 1.82) is 0 Å². The van der Waals surface area contributed by atoms with Crippen LogP contribution in [0.5, 0.6) is 0 Å². The second kappa shape index (κ2) is 7.47. The fraction of sp³-hybridized carbons (Fsp3) is 0.267. The first-order valence-electron chi connectivity index (χ1n) is 6.78. The van der Waals surface area contributed by atoms with Gasteiger partial charge in [0.25, 0.3) is 0 Å². The minimum atomic E-state index is -4.46. The topological polar surface area (TPSA) is 61.4 Å². The van der Waals surface area contributed by atoms with Crippen molar-refractivity contribution in [3.05, 3.63) is 52.2 Å². The number of carbonyl (C=O) groups is 1. The Hall–Kier alpha value is -2.06. The molecule has 0 spiro atoms. The highest BCUT2D eigenvalue weighted by molar-refractivity contribution is 7.07. The second-order valence-electron chi connectivity index (χ2n) is 4.82. The van der Waals surface area contributed by atoms with E-state index in [9.17, 15) is 23.1 Å². The van der Waals surface area contributed by atoms with Crippen molar-refractivity contribution in [2.45, 2.75) is 18.7 Å². The van der Waals surface area contributed by atoms with Gasteiger partial charge in [-0.15, -0.1) is 0 Å². The third-order valence-electron chi connectivity index (χ3n) is 3.08. The van der Waals surface area contributed by atoms with Gasteiger partial charge in [-0.2, -0.15) is 24.5 Å². The summed E-state index contributed by atoms with van der Waals surface area (Å²) in [4.78, 5) is 11.7. The van der Waals surface area contributed by atoms with E-state index in [1.54, 1.807) is 6.07 Å². The highest BCUT2D eigenvalue weighted by Crippen LogP contribution is 2.30. The third-order valence-corrected chi connectivity index (χ3v) is 3.78. The van der Waals surface area contributed by atoms with E-state index in [0.717, 1.165) is 17.7 Å². The van der Waals surface area contributed by atoms with Crippen LogP contribution in [0.15, 0.2) is 41.1 Å². The first-order chi connectivity index (χ1) is 10.9. The molecular weight excluding hydrogens is 329 g/mol. The number of benzene rings is 1. The van der Waals surface area contributed by atoms with E-state index in [1.165, 1.54) is 23.5 Å². The molecule has 3 N–H and O–H groups in total. The van der Waals surface area contributed by atoms with Gasteiger partial charge in [-0.3, -0.25) is 0 Å². The van der Waals surface area contributed by atoms with Crippen LogP contribution in [-0.2, 0) is 6.18 Å². The summed E-state index contributed by atoms with van der Waals surface area (Å²) in [6.07, 6.45) is -4.83. The zero-order valence-corrected chi connectivity index (χ0v) is 12.7. The number of carbonyl (C=O) groups excluding carboxylic acids is 1. The summed E-state index contributed by atoms with van der Waals surface area (Å²) >= 11 is 1.46. The molecule has 2 amide bonds. The predicted molar refractivity (Wildman–Crippen MR) is 82.4 cm³/mol. The van der Waals surface area contributed by atoms with E-state index >= 15 is 0 Å². The molecule has 124 valence electrons. The van der Waals surface area contributed by atoms with E-state index < -0.39 is 23.9 Å². The standard InChI is InChI=1S/C15H15F3N2O2S/c16-15(17,18)11-2-1-3-12(8-11)20-14(22)19-6-4-13(21)10-5-7-23-9-10/h1-3,5,7-9,13,21H,4,6H2,(H2,19,20,22)/t13-/m0/s1. The van der Waals surface area contributed by atoms with E-state index in [2.05, 4.69) is 10.6 Å². The second-order valence-corrected chi connectivity index (χ2v) is 5.60. The maximum atomic E-state index is 12.6. The van der Waals surface area contributed by atoms with Gasteiger partial charge in [0.2, 0.25) is 0 Å². The molecule has 23 heavy (non-hydrogen) atoms. The van der Waals surface area contributed by atoms with Gasteiger partial charge < -0.3 is 15.7 Å². The molecule has 1 aromatic heterocycles. The fourth-order valence-corrected chi connectivity index (χ4v) is 2.61. The molecule has 2 rings (SSSR count). The summed E-state index contributed by atoms with van der Waals surface area (Å²) in [5.41, 5.74) is -0.00558. The number of alkyl halides is 3. The molecule has 0 aliphatic rings. The van der Waals surface area contributed by atoms with Gasteiger partial charge in [-0.05, 0) is 47.0 Å². The normalized spacial score (nSPS) is 12.7. The molecule has 0 saturated carbocycles. The van der Waals surface area contributed by atoms with Crippen molar-refractivity contribution in [1.82, 2.24) is 5.32 Å².